The Morgan fingerprint density at radius 2 is 2.15 bits per heavy atom. The van der Waals surface area contributed by atoms with Gasteiger partial charge >= 0.3 is 11.9 Å². The van der Waals surface area contributed by atoms with Crippen molar-refractivity contribution in [1.82, 2.24) is 0 Å². The summed E-state index contributed by atoms with van der Waals surface area (Å²) in [6.07, 6.45) is 4.11. The summed E-state index contributed by atoms with van der Waals surface area (Å²) in [4.78, 5) is 22.6. The first-order valence-corrected chi connectivity index (χ1v) is 7.48. The average Bonchev–Trinajstić information content (AvgIpc) is 2.43. The van der Waals surface area contributed by atoms with Crippen molar-refractivity contribution < 1.29 is 19.4 Å². The monoisotopic (exact) mass is 340 g/mol. The number of alkyl halides is 1. The van der Waals surface area contributed by atoms with Crippen LogP contribution >= 0.6 is 15.9 Å². The zero-order chi connectivity index (χ0) is 15.0. The molecule has 1 rings (SSSR count). The maximum Gasteiger partial charge on any atom is 0.338 e. The predicted molar refractivity (Wildman–Crippen MR) is 81.2 cm³/mol. The molecule has 1 N–H and O–H groups in total. The highest BCUT2D eigenvalue weighted by Crippen LogP contribution is 2.20. The predicted octanol–water partition coefficient (Wildman–Crippen LogP) is 3.29. The minimum absolute atomic E-state index is 0.311. The van der Waals surface area contributed by atoms with Crippen LogP contribution in [0.3, 0.4) is 0 Å². The summed E-state index contributed by atoms with van der Waals surface area (Å²) in [7, 11) is 0. The molecule has 0 aliphatic heterocycles. The van der Waals surface area contributed by atoms with Crippen molar-refractivity contribution in [1.29, 1.82) is 0 Å². The Labute approximate surface area is 126 Å². The van der Waals surface area contributed by atoms with Crippen molar-refractivity contribution in [3.8, 4) is 0 Å². The molecule has 0 saturated carbocycles. The Morgan fingerprint density at radius 3 is 2.75 bits per heavy atom. The number of hydrogen-bond acceptors (Lipinski definition) is 3. The molecule has 108 valence electrons. The molecule has 0 aliphatic carbocycles. The Kier molecular flexibility index (Phi) is 7.01. The molecule has 0 heterocycles. The van der Waals surface area contributed by atoms with Gasteiger partial charge < -0.3 is 9.84 Å². The van der Waals surface area contributed by atoms with Crippen LogP contribution in [0.2, 0.25) is 0 Å². The summed E-state index contributed by atoms with van der Waals surface area (Å²) < 4.78 is 5.04. The van der Waals surface area contributed by atoms with E-state index in [1.54, 1.807) is 25.1 Å². The smallest absolute Gasteiger partial charge is 0.338 e. The van der Waals surface area contributed by atoms with E-state index in [4.69, 9.17) is 9.84 Å². The molecule has 0 atom stereocenters. The van der Waals surface area contributed by atoms with E-state index in [1.165, 1.54) is 6.08 Å². The van der Waals surface area contributed by atoms with Gasteiger partial charge in [0.15, 0.2) is 0 Å². The van der Waals surface area contributed by atoms with Gasteiger partial charge in [-0.25, -0.2) is 9.59 Å². The third-order valence-corrected chi connectivity index (χ3v) is 3.23. The molecule has 4 nitrogen and oxygen atoms in total. The average molecular weight is 341 g/mol. The van der Waals surface area contributed by atoms with Gasteiger partial charge in [-0.1, -0.05) is 28.1 Å². The fourth-order valence-corrected chi connectivity index (χ4v) is 2.12. The second-order valence-electron chi connectivity index (χ2n) is 4.06. The summed E-state index contributed by atoms with van der Waals surface area (Å²) in [6.45, 7) is 2.07. The molecule has 0 bridgehead atoms. The van der Waals surface area contributed by atoms with E-state index >= 15 is 0 Å². The molecular formula is C15H17BrO4. The van der Waals surface area contributed by atoms with Crippen LogP contribution in [0.4, 0.5) is 0 Å². The number of hydrogen-bond donors (Lipinski definition) is 1. The summed E-state index contributed by atoms with van der Waals surface area (Å²) in [5, 5.41) is 9.53. The van der Waals surface area contributed by atoms with Crippen LogP contribution in [-0.4, -0.2) is 29.0 Å². The molecule has 0 saturated heterocycles. The van der Waals surface area contributed by atoms with E-state index in [9.17, 15) is 9.59 Å². The lowest BCUT2D eigenvalue weighted by molar-refractivity contribution is -0.131. The van der Waals surface area contributed by atoms with Gasteiger partial charge in [0.2, 0.25) is 0 Å². The van der Waals surface area contributed by atoms with E-state index in [-0.39, 0.29) is 5.97 Å². The maximum atomic E-state index is 11.9. The first kappa shape index (κ1) is 16.4. The van der Waals surface area contributed by atoms with E-state index in [1.807, 2.05) is 0 Å². The fourth-order valence-electron chi connectivity index (χ4n) is 1.84. The van der Waals surface area contributed by atoms with Gasteiger partial charge in [-0.05, 0) is 43.0 Å². The highest BCUT2D eigenvalue weighted by Gasteiger charge is 2.14. The lowest BCUT2D eigenvalue weighted by Gasteiger charge is -2.11. The van der Waals surface area contributed by atoms with Crippen molar-refractivity contribution in [3.63, 3.8) is 0 Å². The van der Waals surface area contributed by atoms with Crippen LogP contribution in [0.25, 0.3) is 6.08 Å². The van der Waals surface area contributed by atoms with Crippen molar-refractivity contribution in [2.45, 2.75) is 19.8 Å². The SMILES string of the molecule is CCOC(=O)c1cccc(/C=C/C(=O)O)c1CCCBr. The Bertz CT molecular complexity index is 509. The standard InChI is InChI=1S/C15H17BrO4/c1-2-20-15(19)13-6-3-5-11(8-9-14(17)18)12(13)7-4-10-16/h3,5-6,8-9H,2,4,7,10H2,1H3,(H,17,18)/b9-8+. The topological polar surface area (TPSA) is 63.6 Å². The summed E-state index contributed by atoms with van der Waals surface area (Å²) >= 11 is 3.36. The van der Waals surface area contributed by atoms with E-state index in [2.05, 4.69) is 15.9 Å². The van der Waals surface area contributed by atoms with Crippen molar-refractivity contribution >= 4 is 33.9 Å². The number of carbonyl (C=O) groups excluding carboxylic acids is 1. The van der Waals surface area contributed by atoms with Gasteiger partial charge in [0.25, 0.3) is 0 Å². The second kappa shape index (κ2) is 8.53. The van der Waals surface area contributed by atoms with Gasteiger partial charge in [-0.3, -0.25) is 0 Å². The quantitative estimate of drug-likeness (QED) is 0.470. The Balaban J connectivity index is 3.18. The molecule has 1 aromatic carbocycles. The number of carboxylic acid groups (broad SMARTS) is 1. The van der Waals surface area contributed by atoms with Crippen molar-refractivity contribution in [3.05, 3.63) is 41.0 Å². The van der Waals surface area contributed by atoms with Crippen molar-refractivity contribution in [2.75, 3.05) is 11.9 Å². The van der Waals surface area contributed by atoms with Gasteiger partial charge in [0.05, 0.1) is 12.2 Å². The third kappa shape index (κ3) is 4.81. The minimum Gasteiger partial charge on any atom is -0.478 e. The number of carboxylic acids is 1. The molecule has 0 spiro atoms. The summed E-state index contributed by atoms with van der Waals surface area (Å²) in [5.74, 6) is -1.39. The molecule has 1 aromatic rings. The number of esters is 1. The van der Waals surface area contributed by atoms with Gasteiger partial charge in [0, 0.05) is 11.4 Å². The molecule has 0 fully saturated rings. The van der Waals surface area contributed by atoms with E-state index in [0.717, 1.165) is 29.0 Å². The van der Waals surface area contributed by atoms with Crippen molar-refractivity contribution in [2.24, 2.45) is 0 Å². The molecular weight excluding hydrogens is 324 g/mol. The van der Waals surface area contributed by atoms with Crippen LogP contribution in [-0.2, 0) is 16.0 Å². The highest BCUT2D eigenvalue weighted by molar-refractivity contribution is 9.09. The van der Waals surface area contributed by atoms with Crippen LogP contribution < -0.4 is 0 Å². The molecule has 5 heteroatoms. The zero-order valence-electron chi connectivity index (χ0n) is 11.3. The van der Waals surface area contributed by atoms with Gasteiger partial charge in [0.1, 0.15) is 0 Å². The number of halogens is 1. The maximum absolute atomic E-state index is 11.9. The molecule has 0 aliphatic rings. The Morgan fingerprint density at radius 1 is 1.40 bits per heavy atom. The number of ether oxygens (including phenoxy) is 1. The van der Waals surface area contributed by atoms with Gasteiger partial charge in [-0.15, -0.1) is 0 Å². The van der Waals surface area contributed by atoms with Gasteiger partial charge in [-0.2, -0.15) is 0 Å². The number of rotatable bonds is 7. The number of aliphatic carboxylic acids is 1. The van der Waals surface area contributed by atoms with E-state index in [0.29, 0.717) is 18.6 Å². The van der Waals surface area contributed by atoms with Crippen LogP contribution in [0.1, 0.15) is 34.8 Å². The molecule has 0 radical (unpaired) electrons. The fraction of sp³-hybridized carbons (Fsp3) is 0.333. The largest absolute Gasteiger partial charge is 0.478 e. The highest BCUT2D eigenvalue weighted by atomic mass is 79.9. The van der Waals surface area contributed by atoms with Crippen LogP contribution in [0, 0.1) is 0 Å². The number of carbonyl (C=O) groups is 2. The Hall–Kier alpha value is -1.62. The number of benzene rings is 1. The lowest BCUT2D eigenvalue weighted by Crippen LogP contribution is -2.09. The zero-order valence-corrected chi connectivity index (χ0v) is 12.9. The molecule has 0 unspecified atom stereocenters. The molecule has 0 amide bonds. The normalized spacial score (nSPS) is 10.7. The first-order chi connectivity index (χ1) is 9.60. The lowest BCUT2D eigenvalue weighted by atomic mass is 9.96. The third-order valence-electron chi connectivity index (χ3n) is 2.67. The van der Waals surface area contributed by atoms with Crippen LogP contribution in [0.5, 0.6) is 0 Å². The molecule has 0 aromatic heterocycles. The first-order valence-electron chi connectivity index (χ1n) is 6.36. The van der Waals surface area contributed by atoms with E-state index < -0.39 is 5.97 Å². The van der Waals surface area contributed by atoms with Crippen LogP contribution in [0.15, 0.2) is 24.3 Å². The minimum atomic E-state index is -1.02. The second-order valence-corrected chi connectivity index (χ2v) is 4.85. The summed E-state index contributed by atoms with van der Waals surface area (Å²) in [6, 6.07) is 5.23. The summed E-state index contributed by atoms with van der Waals surface area (Å²) in [5.41, 5.74) is 2.06. The molecule has 20 heavy (non-hydrogen) atoms.